The molecule has 11 heteroatoms. The lowest BCUT2D eigenvalue weighted by Gasteiger charge is -2.28. The molecule has 0 bridgehead atoms. The van der Waals surface area contributed by atoms with E-state index in [0.717, 1.165) is 56.9 Å². The minimum Gasteiger partial charge on any atom is -0.481 e. The van der Waals surface area contributed by atoms with Gasteiger partial charge in [-0.3, -0.25) is 29.3 Å². The van der Waals surface area contributed by atoms with Crippen LogP contribution in [0.4, 0.5) is 5.69 Å². The van der Waals surface area contributed by atoms with Gasteiger partial charge in [0.2, 0.25) is 0 Å². The number of ketones is 2. The first-order valence-electron chi connectivity index (χ1n) is 16.2. The van der Waals surface area contributed by atoms with E-state index in [1.807, 2.05) is 38.1 Å². The highest BCUT2D eigenvalue weighted by molar-refractivity contribution is 9.10. The van der Waals surface area contributed by atoms with Gasteiger partial charge in [0.25, 0.3) is 5.69 Å². The number of hydrogen-bond donors (Lipinski definition) is 2. The summed E-state index contributed by atoms with van der Waals surface area (Å²) in [5, 5.41) is 29.3. The Hall–Kier alpha value is -2.92. The summed E-state index contributed by atoms with van der Waals surface area (Å²) in [5.74, 6) is -0.612. The number of carbonyl (C=O) groups excluding carboxylic acids is 2. The number of nitro groups is 1. The fourth-order valence-electron chi connectivity index (χ4n) is 6.65. The van der Waals surface area contributed by atoms with Gasteiger partial charge in [0, 0.05) is 35.6 Å². The van der Waals surface area contributed by atoms with Crippen LogP contribution < -0.4 is 0 Å². The summed E-state index contributed by atoms with van der Waals surface area (Å²) in [7, 11) is 0. The highest BCUT2D eigenvalue weighted by Gasteiger charge is 2.32. The number of hydrogen-bond acceptors (Lipinski definition) is 6. The summed E-state index contributed by atoms with van der Waals surface area (Å²) in [6.07, 6.45) is 7.45. The Morgan fingerprint density at radius 2 is 1.11 bits per heavy atom. The quantitative estimate of drug-likeness (QED) is 0.0991. The smallest absolute Gasteiger partial charge is 0.303 e. The van der Waals surface area contributed by atoms with Crippen molar-refractivity contribution in [2.75, 3.05) is 0 Å². The number of carboxylic acids is 2. The molecule has 0 atom stereocenters. The number of Topliss-reactive ketones (excluding diaryl/α,β-unsaturated/α-hetero) is 2. The van der Waals surface area contributed by atoms with E-state index in [1.54, 1.807) is 26.0 Å². The van der Waals surface area contributed by atoms with Crippen LogP contribution in [0, 0.1) is 22.0 Å². The minimum absolute atomic E-state index is 0.0238. The number of carbonyl (C=O) groups is 4. The van der Waals surface area contributed by atoms with Gasteiger partial charge in [-0.15, -0.1) is 0 Å². The van der Waals surface area contributed by atoms with Crippen molar-refractivity contribution in [1.29, 1.82) is 0 Å². The summed E-state index contributed by atoms with van der Waals surface area (Å²) >= 11 is 6.70. The van der Waals surface area contributed by atoms with Gasteiger partial charge in [0.1, 0.15) is 0 Å². The first-order valence-corrected chi connectivity index (χ1v) is 17.7. The molecule has 2 aliphatic rings. The van der Waals surface area contributed by atoms with Crippen molar-refractivity contribution in [3.05, 3.63) is 74.8 Å². The summed E-state index contributed by atoms with van der Waals surface area (Å²) < 4.78 is -1.32. The van der Waals surface area contributed by atoms with E-state index in [0.29, 0.717) is 29.4 Å². The zero-order valence-corrected chi connectivity index (χ0v) is 30.6. The number of rotatable bonds is 11. The molecule has 256 valence electrons. The first kappa shape index (κ1) is 38.5. The molecule has 2 aromatic carbocycles. The molecular weight excluding hydrogens is 734 g/mol. The number of halogens is 2. The molecule has 0 heterocycles. The summed E-state index contributed by atoms with van der Waals surface area (Å²) in [6.45, 7) is 7.12. The largest absolute Gasteiger partial charge is 0.481 e. The van der Waals surface area contributed by atoms with Gasteiger partial charge >= 0.3 is 11.9 Å². The predicted molar refractivity (Wildman–Crippen MR) is 188 cm³/mol. The Balaban J connectivity index is 0.000000257. The molecule has 47 heavy (non-hydrogen) atoms. The lowest BCUT2D eigenvalue weighted by molar-refractivity contribution is -0.385. The Morgan fingerprint density at radius 1 is 0.702 bits per heavy atom. The van der Waals surface area contributed by atoms with Crippen LogP contribution in [0.5, 0.6) is 0 Å². The molecular formula is C36H45Br2NO8. The Bertz CT molecular complexity index is 1440. The second kappa shape index (κ2) is 16.5. The number of benzene rings is 2. The molecule has 2 saturated carbocycles. The maximum atomic E-state index is 12.3. The van der Waals surface area contributed by atoms with Crippen LogP contribution in [0.2, 0.25) is 0 Å². The SMILES string of the molecule is CC(C)(Br)C(=O)c1ccc(C2CCC(CC(=O)O)CC2)c([N+](=O)[O-])c1.CC(C)(Br)C(=O)c1ccc(C2CCC(CC(=O)O)CC2)cc1. The molecule has 2 N–H and O–H groups in total. The molecule has 0 aliphatic heterocycles. The second-order valence-electron chi connectivity index (χ2n) is 13.9. The van der Waals surface area contributed by atoms with E-state index in [4.69, 9.17) is 10.2 Å². The van der Waals surface area contributed by atoms with E-state index >= 15 is 0 Å². The first-order chi connectivity index (χ1) is 21.9. The van der Waals surface area contributed by atoms with Gasteiger partial charge < -0.3 is 10.2 Å². The van der Waals surface area contributed by atoms with E-state index in [9.17, 15) is 29.3 Å². The average Bonchev–Trinajstić information content (AvgIpc) is 3.00. The normalized spacial score (nSPS) is 21.6. The van der Waals surface area contributed by atoms with Crippen LogP contribution >= 0.6 is 31.9 Å². The van der Waals surface area contributed by atoms with Crippen LogP contribution in [0.25, 0.3) is 0 Å². The number of alkyl halides is 2. The lowest BCUT2D eigenvalue weighted by atomic mass is 9.77. The highest BCUT2D eigenvalue weighted by atomic mass is 79.9. The average molecular weight is 780 g/mol. The fraction of sp³-hybridized carbons (Fsp3) is 0.556. The highest BCUT2D eigenvalue weighted by Crippen LogP contribution is 2.41. The molecule has 0 unspecified atom stereocenters. The monoisotopic (exact) mass is 777 g/mol. The number of nitro benzene ring substituents is 1. The third-order valence-electron chi connectivity index (χ3n) is 9.27. The Morgan fingerprint density at radius 3 is 1.51 bits per heavy atom. The van der Waals surface area contributed by atoms with Crippen LogP contribution in [-0.2, 0) is 9.59 Å². The van der Waals surface area contributed by atoms with Crippen molar-refractivity contribution in [2.45, 2.75) is 112 Å². The lowest BCUT2D eigenvalue weighted by Crippen LogP contribution is -2.24. The molecule has 0 radical (unpaired) electrons. The van der Waals surface area contributed by atoms with Crippen LogP contribution in [0.15, 0.2) is 42.5 Å². The molecule has 2 fully saturated rings. The molecule has 2 aliphatic carbocycles. The van der Waals surface area contributed by atoms with E-state index in [1.165, 1.54) is 11.6 Å². The summed E-state index contributed by atoms with van der Waals surface area (Å²) in [6, 6.07) is 12.6. The van der Waals surface area contributed by atoms with E-state index in [-0.39, 0.29) is 35.5 Å². The molecule has 4 rings (SSSR count). The molecule has 0 aromatic heterocycles. The maximum absolute atomic E-state index is 12.3. The maximum Gasteiger partial charge on any atom is 0.303 e. The van der Waals surface area contributed by atoms with Crippen molar-refractivity contribution in [1.82, 2.24) is 0 Å². The third kappa shape index (κ3) is 11.3. The molecule has 0 spiro atoms. The van der Waals surface area contributed by atoms with Crippen LogP contribution in [0.1, 0.15) is 136 Å². The van der Waals surface area contributed by atoms with Gasteiger partial charge in [-0.25, -0.2) is 0 Å². The Labute approximate surface area is 293 Å². The van der Waals surface area contributed by atoms with Gasteiger partial charge in [-0.2, -0.15) is 0 Å². The van der Waals surface area contributed by atoms with E-state index in [2.05, 4.69) is 31.9 Å². The second-order valence-corrected chi connectivity index (χ2v) is 17.9. The van der Waals surface area contributed by atoms with Gasteiger partial charge in [0.15, 0.2) is 11.6 Å². The van der Waals surface area contributed by atoms with Crippen molar-refractivity contribution >= 4 is 61.1 Å². The topological polar surface area (TPSA) is 152 Å². The number of nitrogens with zero attached hydrogens (tertiary/aromatic N) is 1. The Kier molecular flexibility index (Phi) is 13.5. The fourth-order valence-corrected chi connectivity index (χ4v) is 7.11. The summed E-state index contributed by atoms with van der Waals surface area (Å²) in [4.78, 5) is 57.2. The zero-order chi connectivity index (χ0) is 35.1. The molecule has 2 aromatic rings. The number of aliphatic carboxylic acids is 2. The van der Waals surface area contributed by atoms with Gasteiger partial charge in [-0.1, -0.05) is 68.3 Å². The van der Waals surface area contributed by atoms with Gasteiger partial charge in [-0.05, 0) is 108 Å². The van der Waals surface area contributed by atoms with Crippen LogP contribution in [0.3, 0.4) is 0 Å². The zero-order valence-electron chi connectivity index (χ0n) is 27.5. The predicted octanol–water partition coefficient (Wildman–Crippen LogP) is 9.49. The third-order valence-corrected chi connectivity index (χ3v) is 9.99. The minimum atomic E-state index is -0.797. The standard InChI is InChI=1S/C18H22BrNO5.C18H23BrO3/c1-18(2,19)17(23)13-7-8-14(15(10-13)20(24)25)12-5-3-11(4-6-12)9-16(21)22;1-18(2,19)17(22)15-9-7-14(8-10-15)13-5-3-12(4-6-13)11-16(20)21/h7-8,10-12H,3-6,9H2,1-2H3,(H,21,22);7-10,12-13H,3-6,11H2,1-2H3,(H,20,21). The van der Waals surface area contributed by atoms with Gasteiger partial charge in [0.05, 0.1) is 13.6 Å². The van der Waals surface area contributed by atoms with Crippen LogP contribution in [-0.4, -0.2) is 47.3 Å². The molecule has 9 nitrogen and oxygen atoms in total. The van der Waals surface area contributed by atoms with Crippen molar-refractivity contribution in [3.63, 3.8) is 0 Å². The van der Waals surface area contributed by atoms with Crippen molar-refractivity contribution < 1.29 is 34.3 Å². The molecule has 0 saturated heterocycles. The van der Waals surface area contributed by atoms with E-state index < -0.39 is 25.5 Å². The number of carboxylic acid groups (broad SMARTS) is 2. The van der Waals surface area contributed by atoms with Crippen molar-refractivity contribution in [2.24, 2.45) is 11.8 Å². The summed E-state index contributed by atoms with van der Waals surface area (Å²) in [5.41, 5.74) is 2.92. The van der Waals surface area contributed by atoms with Crippen molar-refractivity contribution in [3.8, 4) is 0 Å². The molecule has 0 amide bonds.